The van der Waals surface area contributed by atoms with Crippen molar-refractivity contribution in [3.8, 4) is 0 Å². The number of hydrogen-bond acceptors (Lipinski definition) is 3. The summed E-state index contributed by atoms with van der Waals surface area (Å²) in [6, 6.07) is 5.55. The maximum absolute atomic E-state index is 8.79. The van der Waals surface area contributed by atoms with E-state index in [0.717, 1.165) is 17.1 Å². The Morgan fingerprint density at radius 2 is 2.15 bits per heavy atom. The SMILES string of the molecule is OCc1coc(Cc2ccco2)c1. The molecular weight excluding hydrogens is 168 g/mol. The van der Waals surface area contributed by atoms with E-state index in [1.165, 1.54) is 0 Å². The van der Waals surface area contributed by atoms with Crippen LogP contribution in [0.15, 0.2) is 39.6 Å². The molecule has 2 rings (SSSR count). The van der Waals surface area contributed by atoms with Crippen molar-refractivity contribution in [1.29, 1.82) is 0 Å². The molecule has 3 nitrogen and oxygen atoms in total. The van der Waals surface area contributed by atoms with E-state index in [1.807, 2.05) is 18.2 Å². The zero-order valence-electron chi connectivity index (χ0n) is 7.06. The monoisotopic (exact) mass is 178 g/mol. The maximum Gasteiger partial charge on any atom is 0.111 e. The van der Waals surface area contributed by atoms with E-state index >= 15 is 0 Å². The smallest absolute Gasteiger partial charge is 0.111 e. The fourth-order valence-electron chi connectivity index (χ4n) is 1.19. The lowest BCUT2D eigenvalue weighted by Crippen LogP contribution is -1.81. The predicted octanol–water partition coefficient (Wildman–Crippen LogP) is 1.96. The number of aliphatic hydroxyl groups is 1. The minimum absolute atomic E-state index is 0.0155. The van der Waals surface area contributed by atoms with Crippen molar-refractivity contribution in [1.82, 2.24) is 0 Å². The van der Waals surface area contributed by atoms with E-state index in [2.05, 4.69) is 0 Å². The van der Waals surface area contributed by atoms with Crippen LogP contribution < -0.4 is 0 Å². The van der Waals surface area contributed by atoms with E-state index in [4.69, 9.17) is 13.9 Å². The van der Waals surface area contributed by atoms with Crippen LogP contribution in [0.25, 0.3) is 0 Å². The lowest BCUT2D eigenvalue weighted by molar-refractivity contribution is 0.280. The van der Waals surface area contributed by atoms with E-state index < -0.39 is 0 Å². The first kappa shape index (κ1) is 8.13. The van der Waals surface area contributed by atoms with Crippen molar-refractivity contribution in [3.05, 3.63) is 47.8 Å². The lowest BCUT2D eigenvalue weighted by Gasteiger charge is -1.89. The lowest BCUT2D eigenvalue weighted by atomic mass is 10.2. The Labute approximate surface area is 75.6 Å². The van der Waals surface area contributed by atoms with E-state index in [0.29, 0.717) is 6.42 Å². The van der Waals surface area contributed by atoms with Crippen LogP contribution in [0, 0.1) is 0 Å². The third-order valence-corrected chi connectivity index (χ3v) is 1.82. The highest BCUT2D eigenvalue weighted by molar-refractivity contribution is 5.16. The Kier molecular flexibility index (Phi) is 2.19. The number of hydrogen-bond donors (Lipinski definition) is 1. The quantitative estimate of drug-likeness (QED) is 0.781. The van der Waals surface area contributed by atoms with Crippen molar-refractivity contribution < 1.29 is 13.9 Å². The van der Waals surface area contributed by atoms with Crippen LogP contribution in [0.5, 0.6) is 0 Å². The molecule has 2 heterocycles. The molecule has 0 fully saturated rings. The van der Waals surface area contributed by atoms with Crippen LogP contribution in [-0.2, 0) is 13.0 Å². The highest BCUT2D eigenvalue weighted by Gasteiger charge is 2.03. The summed E-state index contributed by atoms with van der Waals surface area (Å²) in [6.07, 6.45) is 3.82. The molecule has 0 saturated heterocycles. The molecular formula is C10H10O3. The molecule has 0 saturated carbocycles. The Hall–Kier alpha value is -1.48. The van der Waals surface area contributed by atoms with Gasteiger partial charge in [-0.05, 0) is 18.2 Å². The summed E-state index contributed by atoms with van der Waals surface area (Å²) in [5.41, 5.74) is 0.793. The Balaban J connectivity index is 2.10. The summed E-state index contributed by atoms with van der Waals surface area (Å²) < 4.78 is 10.4. The van der Waals surface area contributed by atoms with Crippen molar-refractivity contribution >= 4 is 0 Å². The van der Waals surface area contributed by atoms with Crippen LogP contribution in [0.1, 0.15) is 17.1 Å². The zero-order valence-corrected chi connectivity index (χ0v) is 7.06. The van der Waals surface area contributed by atoms with Gasteiger partial charge in [0, 0.05) is 5.56 Å². The van der Waals surface area contributed by atoms with Gasteiger partial charge in [-0.25, -0.2) is 0 Å². The van der Waals surface area contributed by atoms with Gasteiger partial charge in [0.1, 0.15) is 11.5 Å². The largest absolute Gasteiger partial charge is 0.469 e. The summed E-state index contributed by atoms with van der Waals surface area (Å²) in [7, 11) is 0. The van der Waals surface area contributed by atoms with Crippen molar-refractivity contribution in [2.24, 2.45) is 0 Å². The summed E-state index contributed by atoms with van der Waals surface area (Å²) >= 11 is 0. The number of aliphatic hydroxyl groups excluding tert-OH is 1. The number of furan rings is 2. The molecule has 0 aliphatic rings. The van der Waals surface area contributed by atoms with E-state index in [1.54, 1.807) is 12.5 Å². The van der Waals surface area contributed by atoms with Crippen LogP contribution in [0.2, 0.25) is 0 Å². The molecule has 0 aliphatic heterocycles. The molecule has 2 aromatic heterocycles. The van der Waals surface area contributed by atoms with Crippen LogP contribution in [0.3, 0.4) is 0 Å². The molecule has 0 unspecified atom stereocenters. The van der Waals surface area contributed by atoms with Gasteiger partial charge >= 0.3 is 0 Å². The maximum atomic E-state index is 8.79. The molecule has 68 valence electrons. The molecule has 2 aromatic rings. The Morgan fingerprint density at radius 1 is 1.23 bits per heavy atom. The molecule has 0 aromatic carbocycles. The summed E-state index contributed by atoms with van der Waals surface area (Å²) in [5, 5.41) is 8.79. The summed E-state index contributed by atoms with van der Waals surface area (Å²) in [5.74, 6) is 1.66. The first-order valence-electron chi connectivity index (χ1n) is 4.08. The van der Waals surface area contributed by atoms with E-state index in [9.17, 15) is 0 Å². The number of rotatable bonds is 3. The second-order valence-corrected chi connectivity index (χ2v) is 2.84. The second kappa shape index (κ2) is 3.49. The van der Waals surface area contributed by atoms with Crippen molar-refractivity contribution in [2.45, 2.75) is 13.0 Å². The second-order valence-electron chi connectivity index (χ2n) is 2.84. The van der Waals surface area contributed by atoms with Gasteiger partial charge in [0.15, 0.2) is 0 Å². The van der Waals surface area contributed by atoms with Gasteiger partial charge in [0.05, 0.1) is 25.6 Å². The Morgan fingerprint density at radius 3 is 2.77 bits per heavy atom. The van der Waals surface area contributed by atoms with Crippen LogP contribution >= 0.6 is 0 Å². The van der Waals surface area contributed by atoms with Crippen molar-refractivity contribution in [2.75, 3.05) is 0 Å². The van der Waals surface area contributed by atoms with Gasteiger partial charge in [0.25, 0.3) is 0 Å². The van der Waals surface area contributed by atoms with Gasteiger partial charge in [-0.3, -0.25) is 0 Å². The minimum Gasteiger partial charge on any atom is -0.469 e. The molecule has 13 heavy (non-hydrogen) atoms. The predicted molar refractivity (Wildman–Crippen MR) is 46.1 cm³/mol. The average molecular weight is 178 g/mol. The fraction of sp³-hybridized carbons (Fsp3) is 0.200. The van der Waals surface area contributed by atoms with E-state index in [-0.39, 0.29) is 6.61 Å². The molecule has 0 amide bonds. The molecule has 1 N–H and O–H groups in total. The molecule has 0 atom stereocenters. The first-order chi connectivity index (χ1) is 6.38. The standard InChI is InChI=1S/C10H10O3/c11-6-8-4-10(13-7-8)5-9-2-1-3-12-9/h1-4,7,11H,5-6H2. The third-order valence-electron chi connectivity index (χ3n) is 1.82. The van der Waals surface area contributed by atoms with Crippen molar-refractivity contribution in [3.63, 3.8) is 0 Å². The minimum atomic E-state index is 0.0155. The normalized spacial score (nSPS) is 10.5. The topological polar surface area (TPSA) is 46.5 Å². The highest BCUT2D eigenvalue weighted by atomic mass is 16.3. The molecule has 0 radical (unpaired) electrons. The molecule has 0 bridgehead atoms. The summed E-state index contributed by atoms with van der Waals surface area (Å²) in [4.78, 5) is 0. The molecule has 0 spiro atoms. The van der Waals surface area contributed by atoms with Gasteiger partial charge in [-0.1, -0.05) is 0 Å². The highest BCUT2D eigenvalue weighted by Crippen LogP contribution is 2.13. The van der Waals surface area contributed by atoms with Gasteiger partial charge in [-0.15, -0.1) is 0 Å². The van der Waals surface area contributed by atoms with Gasteiger partial charge in [-0.2, -0.15) is 0 Å². The van der Waals surface area contributed by atoms with Gasteiger partial charge < -0.3 is 13.9 Å². The molecule has 0 aliphatic carbocycles. The fourth-order valence-corrected chi connectivity index (χ4v) is 1.19. The zero-order chi connectivity index (χ0) is 9.10. The molecule has 3 heteroatoms. The average Bonchev–Trinajstić information content (AvgIpc) is 2.76. The van der Waals surface area contributed by atoms with Crippen LogP contribution in [-0.4, -0.2) is 5.11 Å². The van der Waals surface area contributed by atoms with Gasteiger partial charge in [0.2, 0.25) is 0 Å². The van der Waals surface area contributed by atoms with Crippen LogP contribution in [0.4, 0.5) is 0 Å². The Bertz CT molecular complexity index is 359. The first-order valence-corrected chi connectivity index (χ1v) is 4.08. The third kappa shape index (κ3) is 1.81. The summed E-state index contributed by atoms with van der Waals surface area (Å²) in [6.45, 7) is 0.0155.